The van der Waals surface area contributed by atoms with E-state index in [1.54, 1.807) is 0 Å². The lowest BCUT2D eigenvalue weighted by Crippen LogP contribution is -2.48. The van der Waals surface area contributed by atoms with Gasteiger partial charge < -0.3 is 26.0 Å². The van der Waals surface area contributed by atoms with E-state index in [2.05, 4.69) is 5.32 Å². The fourth-order valence-corrected chi connectivity index (χ4v) is 1.24. The van der Waals surface area contributed by atoms with Gasteiger partial charge in [-0.3, -0.25) is 9.59 Å². The van der Waals surface area contributed by atoms with Crippen molar-refractivity contribution in [1.29, 1.82) is 0 Å². The van der Waals surface area contributed by atoms with Crippen LogP contribution in [0.5, 0.6) is 0 Å². The Morgan fingerprint density at radius 2 is 1.69 bits per heavy atom. The third kappa shape index (κ3) is 14.0. The van der Waals surface area contributed by atoms with E-state index in [1.807, 2.05) is 6.92 Å². The smallest absolute Gasteiger partial charge is 0.481 e. The Morgan fingerprint density at radius 1 is 1.19 bits per heavy atom. The van der Waals surface area contributed by atoms with Crippen LogP contribution in [-0.4, -0.2) is 58.9 Å². The van der Waals surface area contributed by atoms with E-state index in [9.17, 15) is 27.6 Å². The van der Waals surface area contributed by atoms with Crippen LogP contribution in [0.4, 0.5) is 13.2 Å². The van der Waals surface area contributed by atoms with E-state index in [1.165, 1.54) is 6.92 Å². The number of amides is 1. The molecule has 9 nitrogen and oxygen atoms in total. The van der Waals surface area contributed by atoms with Gasteiger partial charge in [0.25, 0.3) is 0 Å². The molecule has 0 aromatic carbocycles. The Morgan fingerprint density at radius 3 is 2.04 bits per heavy atom. The fourth-order valence-electron chi connectivity index (χ4n) is 1.24. The summed E-state index contributed by atoms with van der Waals surface area (Å²) >= 11 is 0. The Balaban J connectivity index is 0. The molecule has 2 unspecified atom stereocenters. The molecule has 0 bridgehead atoms. The van der Waals surface area contributed by atoms with Gasteiger partial charge in [0.05, 0.1) is 12.6 Å². The molecule has 0 aliphatic carbocycles. The molecule has 0 heterocycles. The van der Waals surface area contributed by atoms with E-state index in [0.29, 0.717) is 0 Å². The van der Waals surface area contributed by atoms with Gasteiger partial charge in [0.1, 0.15) is 6.04 Å². The van der Waals surface area contributed by atoms with Gasteiger partial charge >= 0.3 is 24.1 Å². The second-order valence-electron chi connectivity index (χ2n) is 5.11. The summed E-state index contributed by atoms with van der Waals surface area (Å²) in [5.74, 6) is -4.93. The molecular formula is C14H23F3N2O7. The molecule has 0 saturated heterocycles. The molecule has 0 spiro atoms. The molecule has 1 amide bonds. The van der Waals surface area contributed by atoms with Gasteiger partial charge in [-0.25, -0.2) is 9.59 Å². The topological polar surface area (TPSA) is 156 Å². The van der Waals surface area contributed by atoms with Crippen LogP contribution in [0.2, 0.25) is 0 Å². The molecule has 0 fully saturated rings. The number of alkyl halides is 3. The molecule has 0 aliphatic rings. The number of rotatable bonds is 9. The van der Waals surface area contributed by atoms with Gasteiger partial charge in [-0.05, 0) is 19.8 Å². The number of ether oxygens (including phenoxy) is 1. The molecule has 12 heteroatoms. The average Bonchev–Trinajstić information content (AvgIpc) is 2.50. The number of nitrogens with two attached hydrogens (primary N) is 1. The number of aliphatic carboxylic acids is 2. The highest BCUT2D eigenvalue weighted by molar-refractivity contribution is 5.87. The summed E-state index contributed by atoms with van der Waals surface area (Å²) in [5.41, 5.74) is 5.38. The number of esters is 1. The molecule has 152 valence electrons. The summed E-state index contributed by atoms with van der Waals surface area (Å²) in [6.07, 6.45) is -3.73. The lowest BCUT2D eigenvalue weighted by molar-refractivity contribution is -0.192. The van der Waals surface area contributed by atoms with Crippen LogP contribution in [0, 0.1) is 0 Å². The van der Waals surface area contributed by atoms with Crippen molar-refractivity contribution >= 4 is 23.8 Å². The number of nitrogens with one attached hydrogen (secondary N) is 1. The van der Waals surface area contributed by atoms with Crippen molar-refractivity contribution in [1.82, 2.24) is 5.32 Å². The van der Waals surface area contributed by atoms with E-state index in [4.69, 9.17) is 25.5 Å². The van der Waals surface area contributed by atoms with Crippen molar-refractivity contribution in [3.05, 3.63) is 0 Å². The molecule has 0 radical (unpaired) electrons. The van der Waals surface area contributed by atoms with Gasteiger partial charge in [0.15, 0.2) is 0 Å². The maximum atomic E-state index is 11.7. The van der Waals surface area contributed by atoms with Crippen molar-refractivity contribution in [2.75, 3.05) is 6.61 Å². The summed E-state index contributed by atoms with van der Waals surface area (Å²) in [7, 11) is 0. The monoisotopic (exact) mass is 388 g/mol. The summed E-state index contributed by atoms with van der Waals surface area (Å²) in [5, 5.41) is 18.1. The minimum Gasteiger partial charge on any atom is -0.481 e. The average molecular weight is 388 g/mol. The first kappa shape index (κ1) is 25.9. The summed E-state index contributed by atoms with van der Waals surface area (Å²) in [6.45, 7) is 3.69. The molecule has 0 aromatic heterocycles. The molecule has 26 heavy (non-hydrogen) atoms. The predicted molar refractivity (Wildman–Crippen MR) is 82.0 cm³/mol. The van der Waals surface area contributed by atoms with Crippen molar-refractivity contribution in [3.63, 3.8) is 0 Å². The molecule has 0 aliphatic heterocycles. The third-order valence-corrected chi connectivity index (χ3v) is 2.65. The van der Waals surface area contributed by atoms with Gasteiger partial charge in [-0.15, -0.1) is 0 Å². The summed E-state index contributed by atoms with van der Waals surface area (Å²) in [4.78, 5) is 42.6. The number of hydrogen-bond acceptors (Lipinski definition) is 6. The van der Waals surface area contributed by atoms with Crippen molar-refractivity contribution < 1.29 is 47.3 Å². The molecular weight excluding hydrogens is 365 g/mol. The zero-order chi connectivity index (χ0) is 20.9. The zero-order valence-electron chi connectivity index (χ0n) is 14.3. The number of carbonyl (C=O) groups is 4. The molecule has 0 aromatic rings. The Bertz CT molecular complexity index is 482. The lowest BCUT2D eigenvalue weighted by atomic mass is 10.1. The Labute approximate surface area is 147 Å². The number of halogens is 3. The number of unbranched alkanes of at least 4 members (excludes halogenated alkanes) is 1. The van der Waals surface area contributed by atoms with Crippen molar-refractivity contribution in [3.8, 4) is 0 Å². The third-order valence-electron chi connectivity index (χ3n) is 2.65. The van der Waals surface area contributed by atoms with Crippen LogP contribution in [0.1, 0.15) is 39.5 Å². The number of carbonyl (C=O) groups excluding carboxylic acids is 2. The number of carboxylic acids is 2. The van der Waals surface area contributed by atoms with E-state index >= 15 is 0 Å². The van der Waals surface area contributed by atoms with Crippen LogP contribution < -0.4 is 11.1 Å². The first-order chi connectivity index (χ1) is 11.8. The summed E-state index contributed by atoms with van der Waals surface area (Å²) in [6, 6.07) is -1.73. The maximum absolute atomic E-state index is 11.7. The SMILES string of the molecule is CCCCOC(=O)C(CCC(=O)O)NC(=O)C(C)N.O=C(O)C(F)(F)F. The predicted octanol–water partition coefficient (Wildman–Crippen LogP) is 0.660. The van der Waals surface area contributed by atoms with Crippen molar-refractivity contribution in [2.24, 2.45) is 5.73 Å². The standard InChI is InChI=1S/C12H22N2O5.C2HF3O2/c1-3-4-7-19-12(18)9(5-6-10(15)16)14-11(17)8(2)13;3-2(4,5)1(6)7/h8-9H,3-7,13H2,1-2H3,(H,14,17)(H,15,16);(H,6,7). The van der Waals surface area contributed by atoms with Gasteiger partial charge in [-0.1, -0.05) is 13.3 Å². The number of carboxylic acid groups (broad SMARTS) is 2. The number of hydrogen-bond donors (Lipinski definition) is 4. The highest BCUT2D eigenvalue weighted by Crippen LogP contribution is 2.13. The van der Waals surface area contributed by atoms with Crippen LogP contribution in [0.25, 0.3) is 0 Å². The van der Waals surface area contributed by atoms with Gasteiger partial charge in [0.2, 0.25) is 5.91 Å². The van der Waals surface area contributed by atoms with Crippen molar-refractivity contribution in [2.45, 2.75) is 57.8 Å². The molecule has 5 N–H and O–H groups in total. The maximum Gasteiger partial charge on any atom is 0.490 e. The van der Waals surface area contributed by atoms with E-state index in [0.717, 1.165) is 12.8 Å². The first-order valence-electron chi connectivity index (χ1n) is 7.57. The minimum absolute atomic E-state index is 0.0151. The van der Waals surface area contributed by atoms with Gasteiger partial charge in [-0.2, -0.15) is 13.2 Å². The van der Waals surface area contributed by atoms with E-state index < -0.39 is 42.1 Å². The second-order valence-corrected chi connectivity index (χ2v) is 5.11. The highest BCUT2D eigenvalue weighted by Gasteiger charge is 2.38. The fraction of sp³-hybridized carbons (Fsp3) is 0.714. The largest absolute Gasteiger partial charge is 0.490 e. The molecule has 0 rings (SSSR count). The Hall–Kier alpha value is -2.37. The molecule has 2 atom stereocenters. The normalized spacial score (nSPS) is 12.8. The zero-order valence-corrected chi connectivity index (χ0v) is 14.3. The van der Waals surface area contributed by atoms with Crippen LogP contribution in [0.3, 0.4) is 0 Å². The molecule has 0 saturated carbocycles. The quantitative estimate of drug-likeness (QED) is 0.331. The van der Waals surface area contributed by atoms with Gasteiger partial charge in [0, 0.05) is 6.42 Å². The van der Waals surface area contributed by atoms with Crippen LogP contribution >= 0.6 is 0 Å². The van der Waals surface area contributed by atoms with Crippen LogP contribution in [-0.2, 0) is 23.9 Å². The first-order valence-corrected chi connectivity index (χ1v) is 7.57. The summed E-state index contributed by atoms with van der Waals surface area (Å²) < 4.78 is 36.7. The highest BCUT2D eigenvalue weighted by atomic mass is 19.4. The van der Waals surface area contributed by atoms with Crippen LogP contribution in [0.15, 0.2) is 0 Å². The second kappa shape index (κ2) is 12.9. The van der Waals surface area contributed by atoms with E-state index in [-0.39, 0.29) is 19.4 Å². The Kier molecular flexibility index (Phi) is 12.8. The minimum atomic E-state index is -5.08. The lowest BCUT2D eigenvalue weighted by Gasteiger charge is -2.18.